The molecule has 0 aliphatic heterocycles. The minimum absolute atomic E-state index is 0.711. The Labute approximate surface area is 70.3 Å². The van der Waals surface area contributed by atoms with Crippen LogP contribution in [0.25, 0.3) is 0 Å². The molecule has 0 atom stereocenters. The molecular formula is C9H21NO. The van der Waals surface area contributed by atoms with Gasteiger partial charge in [-0.1, -0.05) is 26.2 Å². The van der Waals surface area contributed by atoms with Gasteiger partial charge in [0.1, 0.15) is 0 Å². The van der Waals surface area contributed by atoms with Crippen molar-refractivity contribution in [3.8, 4) is 0 Å². The standard InChI is InChI=1S/C9H21NO/c1-3-5-6-7-8-10-9-11-4-2/h10H,3-9H2,1-2H3. The van der Waals surface area contributed by atoms with E-state index in [0.29, 0.717) is 6.73 Å². The van der Waals surface area contributed by atoms with E-state index in [0.717, 1.165) is 13.2 Å². The molecule has 0 fully saturated rings. The maximum Gasteiger partial charge on any atom is 0.0965 e. The summed E-state index contributed by atoms with van der Waals surface area (Å²) in [6.07, 6.45) is 5.29. The summed E-state index contributed by atoms with van der Waals surface area (Å²) in [4.78, 5) is 0. The number of hydrogen-bond donors (Lipinski definition) is 1. The molecule has 0 spiro atoms. The Hall–Kier alpha value is -0.0800. The Morgan fingerprint density at radius 2 is 1.91 bits per heavy atom. The van der Waals surface area contributed by atoms with Crippen molar-refractivity contribution in [2.75, 3.05) is 19.9 Å². The van der Waals surface area contributed by atoms with Gasteiger partial charge in [-0.2, -0.15) is 0 Å². The third-order valence-electron chi connectivity index (χ3n) is 1.62. The lowest BCUT2D eigenvalue weighted by Crippen LogP contribution is -2.18. The average Bonchev–Trinajstić information content (AvgIpc) is 2.03. The molecule has 0 aromatic heterocycles. The largest absolute Gasteiger partial charge is 0.367 e. The van der Waals surface area contributed by atoms with E-state index < -0.39 is 0 Å². The highest BCUT2D eigenvalue weighted by molar-refractivity contribution is 4.43. The molecule has 2 heteroatoms. The van der Waals surface area contributed by atoms with Gasteiger partial charge in [0.15, 0.2) is 0 Å². The Morgan fingerprint density at radius 1 is 1.09 bits per heavy atom. The molecule has 0 bridgehead atoms. The van der Waals surface area contributed by atoms with Crippen LogP contribution < -0.4 is 5.32 Å². The van der Waals surface area contributed by atoms with E-state index in [4.69, 9.17) is 4.74 Å². The van der Waals surface area contributed by atoms with Crippen molar-refractivity contribution in [3.05, 3.63) is 0 Å². The van der Waals surface area contributed by atoms with Gasteiger partial charge in [-0.05, 0) is 19.9 Å². The first-order valence-corrected chi connectivity index (χ1v) is 4.70. The maximum atomic E-state index is 5.13. The molecule has 0 amide bonds. The van der Waals surface area contributed by atoms with Crippen LogP contribution in [0.4, 0.5) is 0 Å². The second kappa shape index (κ2) is 9.92. The lowest BCUT2D eigenvalue weighted by Gasteiger charge is -2.03. The van der Waals surface area contributed by atoms with Gasteiger partial charge in [-0.3, -0.25) is 5.32 Å². The lowest BCUT2D eigenvalue weighted by molar-refractivity contribution is 0.128. The predicted molar refractivity (Wildman–Crippen MR) is 48.6 cm³/mol. The molecule has 68 valence electrons. The van der Waals surface area contributed by atoms with E-state index in [-0.39, 0.29) is 0 Å². The molecule has 0 radical (unpaired) electrons. The molecule has 2 nitrogen and oxygen atoms in total. The van der Waals surface area contributed by atoms with Gasteiger partial charge in [0, 0.05) is 6.61 Å². The molecule has 0 saturated heterocycles. The molecule has 1 N–H and O–H groups in total. The van der Waals surface area contributed by atoms with Crippen molar-refractivity contribution in [3.63, 3.8) is 0 Å². The summed E-state index contributed by atoms with van der Waals surface area (Å²) >= 11 is 0. The van der Waals surface area contributed by atoms with Gasteiger partial charge in [-0.15, -0.1) is 0 Å². The number of ether oxygens (including phenoxy) is 1. The monoisotopic (exact) mass is 159 g/mol. The Kier molecular flexibility index (Phi) is 9.85. The summed E-state index contributed by atoms with van der Waals surface area (Å²) in [5, 5.41) is 3.22. The molecular weight excluding hydrogens is 138 g/mol. The quantitative estimate of drug-likeness (QED) is 0.433. The molecule has 0 saturated carbocycles. The fourth-order valence-corrected chi connectivity index (χ4v) is 0.923. The van der Waals surface area contributed by atoms with Crippen LogP contribution in [0.2, 0.25) is 0 Å². The van der Waals surface area contributed by atoms with Crippen LogP contribution in [-0.4, -0.2) is 19.9 Å². The van der Waals surface area contributed by atoms with Gasteiger partial charge in [-0.25, -0.2) is 0 Å². The van der Waals surface area contributed by atoms with Gasteiger partial charge in [0.2, 0.25) is 0 Å². The van der Waals surface area contributed by atoms with Crippen LogP contribution in [0.15, 0.2) is 0 Å². The Bertz CT molecular complexity index is 58.6. The van der Waals surface area contributed by atoms with Crippen molar-refractivity contribution in [1.29, 1.82) is 0 Å². The molecule has 0 aliphatic rings. The summed E-state index contributed by atoms with van der Waals surface area (Å²) in [7, 11) is 0. The average molecular weight is 159 g/mol. The Balaban J connectivity index is 2.69. The minimum Gasteiger partial charge on any atom is -0.367 e. The summed E-state index contributed by atoms with van der Waals surface area (Å²) < 4.78 is 5.13. The third kappa shape index (κ3) is 9.92. The summed E-state index contributed by atoms with van der Waals surface area (Å²) in [5.74, 6) is 0. The normalized spacial score (nSPS) is 10.4. The number of unbranched alkanes of at least 4 members (excludes halogenated alkanes) is 3. The summed E-state index contributed by atoms with van der Waals surface area (Å²) in [6.45, 7) is 6.86. The van der Waals surface area contributed by atoms with E-state index in [9.17, 15) is 0 Å². The zero-order valence-corrected chi connectivity index (χ0v) is 7.86. The highest BCUT2D eigenvalue weighted by Crippen LogP contribution is 1.96. The first kappa shape index (κ1) is 10.9. The fraction of sp³-hybridized carbons (Fsp3) is 1.00. The zero-order chi connectivity index (χ0) is 8.36. The van der Waals surface area contributed by atoms with E-state index in [1.165, 1.54) is 25.7 Å². The molecule has 0 aromatic carbocycles. The van der Waals surface area contributed by atoms with E-state index in [1.54, 1.807) is 0 Å². The second-order valence-electron chi connectivity index (χ2n) is 2.70. The van der Waals surface area contributed by atoms with Crippen LogP contribution in [0, 0.1) is 0 Å². The minimum atomic E-state index is 0.711. The summed E-state index contributed by atoms with van der Waals surface area (Å²) in [5.41, 5.74) is 0. The van der Waals surface area contributed by atoms with E-state index in [1.807, 2.05) is 6.92 Å². The zero-order valence-electron chi connectivity index (χ0n) is 7.86. The third-order valence-corrected chi connectivity index (χ3v) is 1.62. The van der Waals surface area contributed by atoms with E-state index >= 15 is 0 Å². The highest BCUT2D eigenvalue weighted by Gasteiger charge is 1.86. The van der Waals surface area contributed by atoms with Crippen LogP contribution in [0.3, 0.4) is 0 Å². The van der Waals surface area contributed by atoms with Crippen molar-refractivity contribution in [1.82, 2.24) is 5.32 Å². The van der Waals surface area contributed by atoms with Crippen LogP contribution in [-0.2, 0) is 4.74 Å². The topological polar surface area (TPSA) is 21.3 Å². The number of rotatable bonds is 8. The van der Waals surface area contributed by atoms with Gasteiger partial charge < -0.3 is 4.74 Å². The maximum absolute atomic E-state index is 5.13. The Morgan fingerprint density at radius 3 is 2.55 bits per heavy atom. The molecule has 0 aliphatic carbocycles. The number of nitrogens with one attached hydrogen (secondary N) is 1. The van der Waals surface area contributed by atoms with E-state index in [2.05, 4.69) is 12.2 Å². The van der Waals surface area contributed by atoms with Crippen LogP contribution >= 0.6 is 0 Å². The van der Waals surface area contributed by atoms with Crippen molar-refractivity contribution in [2.24, 2.45) is 0 Å². The smallest absolute Gasteiger partial charge is 0.0965 e. The van der Waals surface area contributed by atoms with Gasteiger partial charge >= 0.3 is 0 Å². The molecule has 0 heterocycles. The molecule has 0 rings (SSSR count). The first-order chi connectivity index (χ1) is 5.41. The molecule has 0 aromatic rings. The molecule has 11 heavy (non-hydrogen) atoms. The second-order valence-corrected chi connectivity index (χ2v) is 2.70. The van der Waals surface area contributed by atoms with Gasteiger partial charge in [0.25, 0.3) is 0 Å². The summed E-state index contributed by atoms with van der Waals surface area (Å²) in [6, 6.07) is 0. The van der Waals surface area contributed by atoms with Crippen LogP contribution in [0.1, 0.15) is 39.5 Å². The first-order valence-electron chi connectivity index (χ1n) is 4.70. The van der Waals surface area contributed by atoms with Crippen molar-refractivity contribution < 1.29 is 4.74 Å². The SMILES string of the molecule is CCCCCCNCOCC. The van der Waals surface area contributed by atoms with Gasteiger partial charge in [0.05, 0.1) is 6.73 Å². The van der Waals surface area contributed by atoms with Crippen molar-refractivity contribution in [2.45, 2.75) is 39.5 Å². The number of hydrogen-bond acceptors (Lipinski definition) is 2. The fourth-order valence-electron chi connectivity index (χ4n) is 0.923. The lowest BCUT2D eigenvalue weighted by atomic mass is 10.2. The highest BCUT2D eigenvalue weighted by atomic mass is 16.5. The van der Waals surface area contributed by atoms with Crippen LogP contribution in [0.5, 0.6) is 0 Å². The van der Waals surface area contributed by atoms with Crippen molar-refractivity contribution >= 4 is 0 Å². The predicted octanol–water partition coefficient (Wildman–Crippen LogP) is 2.15. The molecule has 0 unspecified atom stereocenters.